The predicted octanol–water partition coefficient (Wildman–Crippen LogP) is 4.37. The lowest BCUT2D eigenvalue weighted by Crippen LogP contribution is -1.98. The lowest BCUT2D eigenvalue weighted by atomic mass is 9.97. The molecule has 1 heterocycles. The predicted molar refractivity (Wildman–Crippen MR) is 65.0 cm³/mol. The third-order valence-electron chi connectivity index (χ3n) is 2.33. The second-order valence-electron chi connectivity index (χ2n) is 3.49. The largest absolute Gasteiger partial charge is 0.300 e. The van der Waals surface area contributed by atoms with Crippen LogP contribution in [0, 0.1) is 0 Å². The third kappa shape index (κ3) is 3.54. The van der Waals surface area contributed by atoms with Gasteiger partial charge in [0.1, 0.15) is 5.78 Å². The van der Waals surface area contributed by atoms with Crippen molar-refractivity contribution in [3.05, 3.63) is 20.8 Å². The van der Waals surface area contributed by atoms with E-state index in [0.29, 0.717) is 18.1 Å². The van der Waals surface area contributed by atoms with Crippen LogP contribution in [0.25, 0.3) is 0 Å². The standard InChI is InChI=1S/C11H15BrOS/c1-3-9(5-4-8(2)13)10-6-7-11(12)14-10/h6-7,9H,3-5H2,1-2H3. The molecule has 3 heteroatoms. The molecule has 0 aliphatic rings. The molecule has 1 atom stereocenters. The van der Waals surface area contributed by atoms with E-state index in [1.54, 1.807) is 18.3 Å². The molecule has 0 aromatic carbocycles. The zero-order valence-corrected chi connectivity index (χ0v) is 11.0. The van der Waals surface area contributed by atoms with Gasteiger partial charge in [0.2, 0.25) is 0 Å². The Balaban J connectivity index is 2.58. The zero-order valence-electron chi connectivity index (χ0n) is 8.55. The minimum Gasteiger partial charge on any atom is -0.300 e. The number of hydrogen-bond donors (Lipinski definition) is 0. The SMILES string of the molecule is CCC(CCC(C)=O)c1ccc(Br)s1. The van der Waals surface area contributed by atoms with Crippen LogP contribution in [0.15, 0.2) is 15.9 Å². The Morgan fingerprint density at radius 2 is 2.29 bits per heavy atom. The summed E-state index contributed by atoms with van der Waals surface area (Å²) in [5, 5.41) is 0. The van der Waals surface area contributed by atoms with Crippen LogP contribution in [0.1, 0.15) is 43.9 Å². The molecular weight excluding hydrogens is 260 g/mol. The van der Waals surface area contributed by atoms with Crippen LogP contribution in [-0.4, -0.2) is 5.78 Å². The first-order valence-electron chi connectivity index (χ1n) is 4.88. The van der Waals surface area contributed by atoms with Crippen molar-refractivity contribution in [2.45, 2.75) is 39.0 Å². The van der Waals surface area contributed by atoms with Crippen LogP contribution in [0.4, 0.5) is 0 Å². The van der Waals surface area contributed by atoms with Gasteiger partial charge >= 0.3 is 0 Å². The van der Waals surface area contributed by atoms with E-state index in [4.69, 9.17) is 0 Å². The highest BCUT2D eigenvalue weighted by molar-refractivity contribution is 9.11. The molecule has 0 fully saturated rings. The molecule has 1 aromatic rings. The first-order valence-corrected chi connectivity index (χ1v) is 6.49. The van der Waals surface area contributed by atoms with E-state index in [-0.39, 0.29) is 0 Å². The molecule has 0 amide bonds. The maximum atomic E-state index is 10.9. The average molecular weight is 275 g/mol. The van der Waals surface area contributed by atoms with Gasteiger partial charge in [-0.15, -0.1) is 11.3 Å². The van der Waals surface area contributed by atoms with Crippen molar-refractivity contribution in [2.75, 3.05) is 0 Å². The molecule has 0 aliphatic carbocycles. The van der Waals surface area contributed by atoms with E-state index in [1.165, 1.54) is 8.66 Å². The van der Waals surface area contributed by atoms with Gasteiger partial charge in [-0.05, 0) is 53.7 Å². The lowest BCUT2D eigenvalue weighted by Gasteiger charge is -2.11. The molecular formula is C11H15BrOS. The molecule has 0 spiro atoms. The smallest absolute Gasteiger partial charge is 0.129 e. The van der Waals surface area contributed by atoms with Crippen LogP contribution < -0.4 is 0 Å². The molecule has 14 heavy (non-hydrogen) atoms. The van der Waals surface area contributed by atoms with Crippen molar-refractivity contribution in [1.29, 1.82) is 0 Å². The molecule has 78 valence electrons. The second-order valence-corrected chi connectivity index (χ2v) is 5.98. The maximum absolute atomic E-state index is 10.9. The molecule has 0 aliphatic heterocycles. The Morgan fingerprint density at radius 3 is 2.71 bits per heavy atom. The van der Waals surface area contributed by atoms with Gasteiger partial charge in [0.25, 0.3) is 0 Å². The molecule has 1 unspecified atom stereocenters. The van der Waals surface area contributed by atoms with Gasteiger partial charge in [-0.1, -0.05) is 6.92 Å². The van der Waals surface area contributed by atoms with Crippen molar-refractivity contribution in [2.24, 2.45) is 0 Å². The van der Waals surface area contributed by atoms with E-state index in [9.17, 15) is 4.79 Å². The molecule has 1 nitrogen and oxygen atoms in total. The van der Waals surface area contributed by atoms with Crippen LogP contribution in [0.5, 0.6) is 0 Å². The van der Waals surface area contributed by atoms with Crippen LogP contribution in [0.3, 0.4) is 0 Å². The van der Waals surface area contributed by atoms with Crippen LogP contribution >= 0.6 is 27.3 Å². The lowest BCUT2D eigenvalue weighted by molar-refractivity contribution is -0.117. The molecule has 1 rings (SSSR count). The van der Waals surface area contributed by atoms with Crippen molar-refractivity contribution >= 4 is 33.0 Å². The van der Waals surface area contributed by atoms with Crippen LogP contribution in [-0.2, 0) is 4.79 Å². The Kier molecular flexibility index (Phi) is 4.82. The molecule has 0 bridgehead atoms. The highest BCUT2D eigenvalue weighted by atomic mass is 79.9. The summed E-state index contributed by atoms with van der Waals surface area (Å²) in [5.74, 6) is 0.842. The molecule has 0 radical (unpaired) electrons. The first kappa shape index (κ1) is 11.9. The quantitative estimate of drug-likeness (QED) is 0.779. The van der Waals surface area contributed by atoms with Gasteiger partial charge in [-0.3, -0.25) is 0 Å². The van der Waals surface area contributed by atoms with E-state index in [0.717, 1.165) is 12.8 Å². The number of ketones is 1. The number of carbonyl (C=O) groups is 1. The minimum atomic E-state index is 0.291. The topological polar surface area (TPSA) is 17.1 Å². The number of thiophene rings is 1. The normalized spacial score (nSPS) is 12.8. The summed E-state index contributed by atoms with van der Waals surface area (Å²) in [7, 11) is 0. The average Bonchev–Trinajstić information content (AvgIpc) is 2.53. The molecule has 0 saturated heterocycles. The summed E-state index contributed by atoms with van der Waals surface area (Å²) in [6.07, 6.45) is 2.80. The number of rotatable bonds is 5. The molecule has 0 N–H and O–H groups in total. The van der Waals surface area contributed by atoms with E-state index in [1.807, 2.05) is 0 Å². The van der Waals surface area contributed by atoms with Gasteiger partial charge in [-0.2, -0.15) is 0 Å². The van der Waals surface area contributed by atoms with Gasteiger partial charge < -0.3 is 4.79 Å². The van der Waals surface area contributed by atoms with Crippen molar-refractivity contribution in [1.82, 2.24) is 0 Å². The zero-order chi connectivity index (χ0) is 10.6. The number of Topliss-reactive ketones (excluding diaryl/α,β-unsaturated/α-hetero) is 1. The fourth-order valence-corrected chi connectivity index (χ4v) is 3.11. The number of hydrogen-bond acceptors (Lipinski definition) is 2. The van der Waals surface area contributed by atoms with Crippen molar-refractivity contribution in [3.63, 3.8) is 0 Å². The van der Waals surface area contributed by atoms with E-state index >= 15 is 0 Å². The summed E-state index contributed by atoms with van der Waals surface area (Å²) in [6.45, 7) is 3.84. The Morgan fingerprint density at radius 1 is 1.57 bits per heavy atom. The monoisotopic (exact) mass is 274 g/mol. The van der Waals surface area contributed by atoms with Crippen molar-refractivity contribution in [3.8, 4) is 0 Å². The fourth-order valence-electron chi connectivity index (χ4n) is 1.47. The minimum absolute atomic E-state index is 0.291. The number of carbonyl (C=O) groups excluding carboxylic acids is 1. The van der Waals surface area contributed by atoms with Crippen LogP contribution in [0.2, 0.25) is 0 Å². The Labute approximate surface area is 97.7 Å². The summed E-state index contributed by atoms with van der Waals surface area (Å²) in [4.78, 5) is 12.3. The Hall–Kier alpha value is -0.150. The summed E-state index contributed by atoms with van der Waals surface area (Å²) >= 11 is 5.24. The highest BCUT2D eigenvalue weighted by Crippen LogP contribution is 2.33. The maximum Gasteiger partial charge on any atom is 0.129 e. The second kappa shape index (κ2) is 5.66. The summed E-state index contributed by atoms with van der Waals surface area (Å²) in [5.41, 5.74) is 0. The van der Waals surface area contributed by atoms with Crippen molar-refractivity contribution < 1.29 is 4.79 Å². The summed E-state index contributed by atoms with van der Waals surface area (Å²) < 4.78 is 1.17. The van der Waals surface area contributed by atoms with Gasteiger partial charge in [0, 0.05) is 11.3 Å². The van der Waals surface area contributed by atoms with E-state index < -0.39 is 0 Å². The Bertz CT molecular complexity index is 306. The van der Waals surface area contributed by atoms with E-state index in [2.05, 4.69) is 35.0 Å². The first-order chi connectivity index (χ1) is 6.63. The van der Waals surface area contributed by atoms with Gasteiger partial charge in [0.05, 0.1) is 3.79 Å². The molecule has 0 saturated carbocycles. The number of halogens is 1. The third-order valence-corrected chi connectivity index (χ3v) is 4.12. The summed E-state index contributed by atoms with van der Waals surface area (Å²) in [6, 6.07) is 4.24. The van der Waals surface area contributed by atoms with Gasteiger partial charge in [0.15, 0.2) is 0 Å². The van der Waals surface area contributed by atoms with Gasteiger partial charge in [-0.25, -0.2) is 0 Å². The fraction of sp³-hybridized carbons (Fsp3) is 0.545. The highest BCUT2D eigenvalue weighted by Gasteiger charge is 2.12. The molecule has 1 aromatic heterocycles.